The van der Waals surface area contributed by atoms with Crippen LogP contribution in [-0.4, -0.2) is 0 Å². The van der Waals surface area contributed by atoms with Crippen molar-refractivity contribution in [1.82, 2.24) is 0 Å². The summed E-state index contributed by atoms with van der Waals surface area (Å²) < 4.78 is 5.52. The Hall–Kier alpha value is -3.69. The first kappa shape index (κ1) is 18.3. The molecule has 0 bridgehead atoms. The van der Waals surface area contributed by atoms with Crippen molar-refractivity contribution in [3.05, 3.63) is 130 Å². The van der Waals surface area contributed by atoms with Crippen LogP contribution in [0.4, 0.5) is 0 Å². The Bertz CT molecular complexity index is 1320. The average molecular weight is 392 g/mol. The Labute approximate surface area is 174 Å². The second-order valence-electron chi connectivity index (χ2n) is 7.49. The quantitative estimate of drug-likeness (QED) is 0.345. The topological polar surface area (TPSA) is 46.8 Å². The molecule has 1 aromatic heterocycles. The van der Waals surface area contributed by atoms with E-state index in [9.17, 15) is 4.79 Å². The molecular weight excluding hydrogens is 370 g/mol. The zero-order valence-electron chi connectivity index (χ0n) is 16.5. The normalized spacial score (nSPS) is 11.4. The van der Waals surface area contributed by atoms with Gasteiger partial charge in [-0.25, -0.2) is 4.79 Å². The van der Waals surface area contributed by atoms with E-state index in [1.807, 2.05) is 36.4 Å². The lowest BCUT2D eigenvalue weighted by atomic mass is 9.97. The SMILES string of the molecule is O=c1cc(C[NH2+]C(c2ccccc2)c2ccccc2)c2c(ccc3ccccc32)o1. The van der Waals surface area contributed by atoms with Crippen molar-refractivity contribution in [2.24, 2.45) is 0 Å². The number of hydrogen-bond acceptors (Lipinski definition) is 2. The van der Waals surface area contributed by atoms with Gasteiger partial charge >= 0.3 is 5.63 Å². The van der Waals surface area contributed by atoms with Crippen molar-refractivity contribution in [2.75, 3.05) is 0 Å². The van der Waals surface area contributed by atoms with Gasteiger partial charge in [0.25, 0.3) is 0 Å². The van der Waals surface area contributed by atoms with E-state index in [1.165, 1.54) is 11.1 Å². The molecule has 0 aliphatic heterocycles. The van der Waals surface area contributed by atoms with Gasteiger partial charge < -0.3 is 9.73 Å². The Balaban J connectivity index is 1.59. The zero-order valence-corrected chi connectivity index (χ0v) is 16.5. The van der Waals surface area contributed by atoms with E-state index in [2.05, 4.69) is 66.0 Å². The molecule has 0 fully saturated rings. The van der Waals surface area contributed by atoms with Crippen LogP contribution in [0.25, 0.3) is 21.7 Å². The van der Waals surface area contributed by atoms with Crippen molar-refractivity contribution in [3.63, 3.8) is 0 Å². The van der Waals surface area contributed by atoms with Crippen molar-refractivity contribution in [1.29, 1.82) is 0 Å². The van der Waals surface area contributed by atoms with E-state index < -0.39 is 0 Å². The highest BCUT2D eigenvalue weighted by Crippen LogP contribution is 2.27. The fraction of sp³-hybridized carbons (Fsp3) is 0.0741. The number of quaternary nitrogens is 1. The maximum atomic E-state index is 12.2. The summed E-state index contributed by atoms with van der Waals surface area (Å²) in [5.41, 5.74) is 3.80. The number of hydrogen-bond donors (Lipinski definition) is 1. The summed E-state index contributed by atoms with van der Waals surface area (Å²) in [5, 5.41) is 5.56. The van der Waals surface area contributed by atoms with Crippen molar-refractivity contribution >= 4 is 21.7 Å². The summed E-state index contributed by atoms with van der Waals surface area (Å²) >= 11 is 0. The summed E-state index contributed by atoms with van der Waals surface area (Å²) in [7, 11) is 0. The monoisotopic (exact) mass is 392 g/mol. The second-order valence-corrected chi connectivity index (χ2v) is 7.49. The summed E-state index contributed by atoms with van der Waals surface area (Å²) in [6, 6.07) is 34.9. The molecule has 2 N–H and O–H groups in total. The molecule has 1 heterocycles. The van der Waals surface area contributed by atoms with Gasteiger partial charge in [0.05, 0.1) is 0 Å². The van der Waals surface area contributed by atoms with Gasteiger partial charge in [-0.15, -0.1) is 0 Å². The minimum atomic E-state index is -0.308. The van der Waals surface area contributed by atoms with E-state index in [4.69, 9.17) is 4.42 Å². The molecule has 146 valence electrons. The zero-order chi connectivity index (χ0) is 20.3. The van der Waals surface area contributed by atoms with Crippen LogP contribution in [-0.2, 0) is 6.54 Å². The third kappa shape index (κ3) is 3.51. The van der Waals surface area contributed by atoms with Crippen LogP contribution in [0.1, 0.15) is 22.7 Å². The molecule has 0 spiro atoms. The first-order valence-corrected chi connectivity index (χ1v) is 10.2. The van der Waals surface area contributed by atoms with Gasteiger partial charge in [-0.05, 0) is 16.8 Å². The highest BCUT2D eigenvalue weighted by molar-refractivity contribution is 6.06. The molecule has 5 aromatic rings. The van der Waals surface area contributed by atoms with E-state index in [-0.39, 0.29) is 11.7 Å². The van der Waals surface area contributed by atoms with Gasteiger partial charge in [0.15, 0.2) is 0 Å². The fourth-order valence-corrected chi connectivity index (χ4v) is 4.21. The smallest absolute Gasteiger partial charge is 0.336 e. The van der Waals surface area contributed by atoms with E-state index in [1.54, 1.807) is 6.07 Å². The van der Waals surface area contributed by atoms with E-state index in [0.717, 1.165) is 21.7 Å². The standard InChI is InChI=1S/C27H21NO2/c29-25-17-22(26-23-14-8-7-9-19(23)15-16-24(26)30-25)18-28-27(20-10-3-1-4-11-20)21-12-5-2-6-13-21/h1-17,27-28H,18H2/p+1. The molecule has 5 rings (SSSR count). The number of rotatable bonds is 5. The molecule has 0 atom stereocenters. The summed E-state index contributed by atoms with van der Waals surface area (Å²) in [6.45, 7) is 0.671. The third-order valence-corrected chi connectivity index (χ3v) is 5.61. The van der Waals surface area contributed by atoms with Crippen molar-refractivity contribution in [3.8, 4) is 0 Å². The average Bonchev–Trinajstić information content (AvgIpc) is 2.80. The van der Waals surface area contributed by atoms with Gasteiger partial charge in [-0.1, -0.05) is 91.0 Å². The Morgan fingerprint density at radius 3 is 2.07 bits per heavy atom. The first-order chi connectivity index (χ1) is 14.8. The number of benzene rings is 4. The Morgan fingerprint density at radius 1 is 0.733 bits per heavy atom. The molecule has 0 aliphatic rings. The number of nitrogens with two attached hydrogens (primary N) is 1. The molecular formula is C27H22NO2+. The first-order valence-electron chi connectivity index (χ1n) is 10.2. The van der Waals surface area contributed by atoms with Crippen LogP contribution in [0.15, 0.2) is 112 Å². The third-order valence-electron chi connectivity index (χ3n) is 5.61. The van der Waals surface area contributed by atoms with Crippen LogP contribution in [0, 0.1) is 0 Å². The van der Waals surface area contributed by atoms with E-state index >= 15 is 0 Å². The maximum absolute atomic E-state index is 12.2. The molecule has 0 amide bonds. The minimum absolute atomic E-state index is 0.143. The number of fused-ring (bicyclic) bond motifs is 3. The van der Waals surface area contributed by atoms with Crippen LogP contribution >= 0.6 is 0 Å². The lowest BCUT2D eigenvalue weighted by Crippen LogP contribution is -2.84. The molecule has 0 unspecified atom stereocenters. The minimum Gasteiger partial charge on any atom is -0.423 e. The molecule has 0 saturated carbocycles. The molecule has 30 heavy (non-hydrogen) atoms. The van der Waals surface area contributed by atoms with Gasteiger partial charge in [0, 0.05) is 28.1 Å². The summed E-state index contributed by atoms with van der Waals surface area (Å²) in [4.78, 5) is 12.2. The molecule has 0 aliphatic carbocycles. The Morgan fingerprint density at radius 2 is 1.37 bits per heavy atom. The molecule has 4 aromatic carbocycles. The van der Waals surface area contributed by atoms with Gasteiger partial charge in [0.1, 0.15) is 18.2 Å². The highest BCUT2D eigenvalue weighted by Gasteiger charge is 2.19. The predicted octanol–water partition coefficient (Wildman–Crippen LogP) is 4.80. The predicted molar refractivity (Wildman–Crippen MR) is 120 cm³/mol. The van der Waals surface area contributed by atoms with Crippen LogP contribution in [0.3, 0.4) is 0 Å². The van der Waals surface area contributed by atoms with Crippen LogP contribution < -0.4 is 10.9 Å². The molecule has 0 saturated heterocycles. The van der Waals surface area contributed by atoms with E-state index in [0.29, 0.717) is 12.1 Å². The molecule has 0 radical (unpaired) electrons. The largest absolute Gasteiger partial charge is 0.423 e. The summed E-state index contributed by atoms with van der Waals surface area (Å²) in [6.07, 6.45) is 0. The molecule has 3 nitrogen and oxygen atoms in total. The van der Waals surface area contributed by atoms with Gasteiger partial charge in [-0.3, -0.25) is 0 Å². The lowest BCUT2D eigenvalue weighted by Gasteiger charge is -2.17. The van der Waals surface area contributed by atoms with Crippen molar-refractivity contribution in [2.45, 2.75) is 12.6 Å². The lowest BCUT2D eigenvalue weighted by molar-refractivity contribution is -0.702. The van der Waals surface area contributed by atoms with Crippen molar-refractivity contribution < 1.29 is 9.73 Å². The second kappa shape index (κ2) is 7.97. The molecule has 3 heteroatoms. The van der Waals surface area contributed by atoms with Crippen LogP contribution in [0.2, 0.25) is 0 Å². The Kier molecular flexibility index (Phi) is 4.88. The maximum Gasteiger partial charge on any atom is 0.336 e. The van der Waals surface area contributed by atoms with Gasteiger partial charge in [-0.2, -0.15) is 0 Å². The fourth-order valence-electron chi connectivity index (χ4n) is 4.21. The highest BCUT2D eigenvalue weighted by atomic mass is 16.4. The van der Waals surface area contributed by atoms with Gasteiger partial charge in [0.2, 0.25) is 0 Å². The van der Waals surface area contributed by atoms with Crippen LogP contribution in [0.5, 0.6) is 0 Å². The summed E-state index contributed by atoms with van der Waals surface area (Å²) in [5.74, 6) is 0.